The molecule has 1 fully saturated rings. The van der Waals surface area contributed by atoms with E-state index in [2.05, 4.69) is 55.6 Å². The predicted molar refractivity (Wildman–Crippen MR) is 193 cm³/mol. The molecule has 0 aromatic rings. The summed E-state index contributed by atoms with van der Waals surface area (Å²) in [4.78, 5) is 12.8. The minimum absolute atomic E-state index is 0.220. The van der Waals surface area contributed by atoms with Crippen LogP contribution in [0, 0.1) is 0 Å². The Bertz CT molecular complexity index is 931. The third-order valence-corrected chi connectivity index (χ3v) is 8.36. The molecule has 0 radical (unpaired) electrons. The fourth-order valence-corrected chi connectivity index (χ4v) is 5.34. The number of aliphatic hydroxyl groups is 5. The minimum Gasteiger partial charge on any atom is -0.394 e. The van der Waals surface area contributed by atoms with Crippen molar-refractivity contribution in [2.45, 2.75) is 166 Å². The maximum Gasteiger partial charge on any atom is 0.220 e. The molecule has 1 rings (SSSR count). The summed E-state index contributed by atoms with van der Waals surface area (Å²) in [5, 5.41) is 53.7. The first-order valence-electron chi connectivity index (χ1n) is 18.5. The molecule has 1 heterocycles. The highest BCUT2D eigenvalue weighted by molar-refractivity contribution is 5.76. The van der Waals surface area contributed by atoms with Gasteiger partial charge in [0.25, 0.3) is 0 Å². The van der Waals surface area contributed by atoms with Gasteiger partial charge in [0, 0.05) is 6.42 Å². The van der Waals surface area contributed by atoms with Crippen molar-refractivity contribution in [3.63, 3.8) is 0 Å². The van der Waals surface area contributed by atoms with Crippen LogP contribution in [0.1, 0.15) is 123 Å². The molecule has 1 amide bonds. The molecule has 0 aromatic heterocycles. The number of carbonyl (C=O) groups is 1. The Kier molecular flexibility index (Phi) is 27.2. The van der Waals surface area contributed by atoms with E-state index in [1.165, 1.54) is 51.4 Å². The lowest BCUT2D eigenvalue weighted by Gasteiger charge is -2.40. The molecule has 1 aliphatic heterocycles. The highest BCUT2D eigenvalue weighted by Gasteiger charge is 2.44. The summed E-state index contributed by atoms with van der Waals surface area (Å²) < 4.78 is 11.1. The van der Waals surface area contributed by atoms with Crippen molar-refractivity contribution in [2.24, 2.45) is 0 Å². The second-order valence-corrected chi connectivity index (χ2v) is 12.6. The Labute approximate surface area is 290 Å². The number of allylic oxidation sites excluding steroid dienone is 9. The molecule has 0 aliphatic carbocycles. The van der Waals surface area contributed by atoms with Crippen LogP contribution in [0.3, 0.4) is 0 Å². The molecule has 276 valence electrons. The third-order valence-electron chi connectivity index (χ3n) is 8.36. The minimum atomic E-state index is -1.58. The number of hydrogen-bond acceptors (Lipinski definition) is 8. The summed E-state index contributed by atoms with van der Waals surface area (Å²) in [7, 11) is 0. The zero-order chi connectivity index (χ0) is 35.2. The number of rotatable bonds is 28. The summed E-state index contributed by atoms with van der Waals surface area (Å²) in [5.41, 5.74) is 0. The lowest BCUT2D eigenvalue weighted by atomic mass is 9.99. The van der Waals surface area contributed by atoms with Gasteiger partial charge in [0.1, 0.15) is 24.4 Å². The van der Waals surface area contributed by atoms with Crippen molar-refractivity contribution >= 4 is 5.91 Å². The monoisotopic (exact) mass is 677 g/mol. The van der Waals surface area contributed by atoms with E-state index in [1.807, 2.05) is 18.2 Å². The first-order valence-corrected chi connectivity index (χ1v) is 18.5. The van der Waals surface area contributed by atoms with Crippen LogP contribution in [0.2, 0.25) is 0 Å². The smallest absolute Gasteiger partial charge is 0.220 e. The predicted octanol–water partition coefficient (Wildman–Crippen LogP) is 6.10. The van der Waals surface area contributed by atoms with E-state index in [4.69, 9.17) is 9.47 Å². The van der Waals surface area contributed by atoms with E-state index in [0.29, 0.717) is 6.42 Å². The molecular formula is C39H67NO8. The fourth-order valence-electron chi connectivity index (χ4n) is 5.34. The molecule has 0 aromatic carbocycles. The highest BCUT2D eigenvalue weighted by atomic mass is 16.7. The highest BCUT2D eigenvalue weighted by Crippen LogP contribution is 2.22. The molecule has 0 bridgehead atoms. The van der Waals surface area contributed by atoms with Gasteiger partial charge in [0.05, 0.1) is 25.4 Å². The van der Waals surface area contributed by atoms with Crippen molar-refractivity contribution in [1.29, 1.82) is 0 Å². The third kappa shape index (κ3) is 21.1. The van der Waals surface area contributed by atoms with Crippen LogP contribution in [-0.4, -0.2) is 87.5 Å². The Hall–Kier alpha value is -2.11. The topological polar surface area (TPSA) is 149 Å². The Morgan fingerprint density at radius 3 is 1.88 bits per heavy atom. The van der Waals surface area contributed by atoms with Crippen LogP contribution >= 0.6 is 0 Å². The normalized spacial score (nSPS) is 23.4. The SMILES string of the molecule is CC/C=C\C/C=C\C/C=C\C/C=C\CCC(=O)NC(COC1OC(CO)C(O)C(O)C1O)C(O)/C=C/CCCCCCCCCCCC. The van der Waals surface area contributed by atoms with Crippen molar-refractivity contribution in [3.05, 3.63) is 60.8 Å². The number of hydrogen-bond donors (Lipinski definition) is 6. The standard InChI is InChI=1S/C39H67NO8/c1-3-5-7-9-11-13-15-17-19-21-23-25-27-29-35(43)40-32(31-47-39-38(46)37(45)36(44)34(30-41)48-39)33(42)28-26-24-22-20-18-16-14-12-10-8-6-4-2/h5,7,11,13,17,19,23,25-26,28,32-34,36-39,41-42,44-46H,3-4,6,8-10,12,14-16,18,20-22,24,27,29-31H2,1-2H3,(H,40,43)/b7-5-,13-11-,19-17-,25-23-,28-26+. The van der Waals surface area contributed by atoms with E-state index >= 15 is 0 Å². The molecular weight excluding hydrogens is 610 g/mol. The van der Waals surface area contributed by atoms with Crippen molar-refractivity contribution in [2.75, 3.05) is 13.2 Å². The molecule has 9 nitrogen and oxygen atoms in total. The molecule has 7 unspecified atom stereocenters. The lowest BCUT2D eigenvalue weighted by Crippen LogP contribution is -2.60. The molecule has 1 saturated heterocycles. The average Bonchev–Trinajstić information content (AvgIpc) is 3.08. The summed E-state index contributed by atoms with van der Waals surface area (Å²) in [5.74, 6) is -0.262. The maximum absolute atomic E-state index is 12.8. The van der Waals surface area contributed by atoms with Crippen LogP contribution in [0.25, 0.3) is 0 Å². The van der Waals surface area contributed by atoms with Crippen molar-refractivity contribution < 1.29 is 39.8 Å². The summed E-state index contributed by atoms with van der Waals surface area (Å²) in [6.45, 7) is 3.56. The van der Waals surface area contributed by atoms with E-state index in [1.54, 1.807) is 6.08 Å². The Morgan fingerprint density at radius 2 is 1.29 bits per heavy atom. The van der Waals surface area contributed by atoms with Gasteiger partial charge in [-0.1, -0.05) is 132 Å². The second kappa shape index (κ2) is 29.8. The van der Waals surface area contributed by atoms with Crippen LogP contribution in [0.15, 0.2) is 60.8 Å². The Morgan fingerprint density at radius 1 is 0.729 bits per heavy atom. The summed E-state index contributed by atoms with van der Waals surface area (Å²) >= 11 is 0. The van der Waals surface area contributed by atoms with E-state index in [-0.39, 0.29) is 18.9 Å². The van der Waals surface area contributed by atoms with Gasteiger partial charge in [-0.25, -0.2) is 0 Å². The van der Waals surface area contributed by atoms with Crippen molar-refractivity contribution in [3.8, 4) is 0 Å². The van der Waals surface area contributed by atoms with Gasteiger partial charge in [-0.15, -0.1) is 0 Å². The molecule has 7 atom stereocenters. The molecule has 9 heteroatoms. The number of unbranched alkanes of at least 4 members (excludes halogenated alkanes) is 10. The number of aliphatic hydroxyl groups excluding tert-OH is 5. The number of ether oxygens (including phenoxy) is 2. The molecule has 0 spiro atoms. The van der Waals surface area contributed by atoms with Gasteiger partial charge in [0.2, 0.25) is 5.91 Å². The molecule has 48 heavy (non-hydrogen) atoms. The van der Waals surface area contributed by atoms with Gasteiger partial charge in [-0.2, -0.15) is 0 Å². The average molecular weight is 678 g/mol. The van der Waals surface area contributed by atoms with Gasteiger partial charge in [-0.05, 0) is 44.9 Å². The van der Waals surface area contributed by atoms with Crippen molar-refractivity contribution in [1.82, 2.24) is 5.32 Å². The van der Waals surface area contributed by atoms with Gasteiger partial charge < -0.3 is 40.3 Å². The van der Waals surface area contributed by atoms with E-state index in [0.717, 1.165) is 44.9 Å². The van der Waals surface area contributed by atoms with E-state index < -0.39 is 49.5 Å². The van der Waals surface area contributed by atoms with Crippen LogP contribution < -0.4 is 5.32 Å². The second-order valence-electron chi connectivity index (χ2n) is 12.6. The number of nitrogens with one attached hydrogen (secondary N) is 1. The number of amides is 1. The van der Waals surface area contributed by atoms with Gasteiger partial charge >= 0.3 is 0 Å². The zero-order valence-electron chi connectivity index (χ0n) is 29.7. The summed E-state index contributed by atoms with van der Waals surface area (Å²) in [6.07, 6.45) is 29.9. The van der Waals surface area contributed by atoms with Gasteiger partial charge in [-0.3, -0.25) is 4.79 Å². The molecule has 1 aliphatic rings. The van der Waals surface area contributed by atoms with Gasteiger partial charge in [0.15, 0.2) is 6.29 Å². The molecule has 6 N–H and O–H groups in total. The number of carbonyl (C=O) groups excluding carboxylic acids is 1. The van der Waals surface area contributed by atoms with Crippen LogP contribution in [0.5, 0.6) is 0 Å². The lowest BCUT2D eigenvalue weighted by molar-refractivity contribution is -0.302. The quantitative estimate of drug-likeness (QED) is 0.0430. The first kappa shape index (κ1) is 43.9. The largest absolute Gasteiger partial charge is 0.394 e. The zero-order valence-corrected chi connectivity index (χ0v) is 29.7. The fraction of sp³-hybridized carbons (Fsp3) is 0.718. The maximum atomic E-state index is 12.8. The summed E-state index contributed by atoms with van der Waals surface area (Å²) in [6, 6.07) is -0.841. The van der Waals surface area contributed by atoms with E-state index in [9.17, 15) is 30.3 Å². The van der Waals surface area contributed by atoms with Crippen LogP contribution in [0.4, 0.5) is 0 Å². The van der Waals surface area contributed by atoms with Crippen LogP contribution in [-0.2, 0) is 14.3 Å². The molecule has 0 saturated carbocycles. The Balaban J connectivity index is 2.55. The first-order chi connectivity index (χ1) is 23.3.